The van der Waals surface area contributed by atoms with Crippen molar-refractivity contribution in [2.45, 2.75) is 50.3 Å². The summed E-state index contributed by atoms with van der Waals surface area (Å²) in [6.07, 6.45) is 2.65. The third-order valence-corrected chi connectivity index (χ3v) is 8.01. The third-order valence-electron chi connectivity index (χ3n) is 6.34. The van der Waals surface area contributed by atoms with Gasteiger partial charge in [-0.25, -0.2) is 12.8 Å². The molecule has 1 saturated heterocycles. The molecule has 188 valence electrons. The van der Waals surface area contributed by atoms with Crippen LogP contribution in [0.1, 0.15) is 45.0 Å². The molecule has 0 aliphatic carbocycles. The molecule has 1 fully saturated rings. The van der Waals surface area contributed by atoms with Crippen LogP contribution < -0.4 is 4.72 Å². The second-order valence-electron chi connectivity index (χ2n) is 9.96. The monoisotopic (exact) mass is 520 g/mol. The van der Waals surface area contributed by atoms with Crippen LogP contribution in [0.4, 0.5) is 10.1 Å². The second kappa shape index (κ2) is 9.87. The molecule has 2 aromatic carbocycles. The van der Waals surface area contributed by atoms with Crippen molar-refractivity contribution in [3.8, 4) is 11.4 Å². The van der Waals surface area contributed by atoms with Gasteiger partial charge >= 0.3 is 0 Å². The van der Waals surface area contributed by atoms with E-state index in [1.54, 1.807) is 35.9 Å². The maximum atomic E-state index is 14.4. The highest BCUT2D eigenvalue weighted by molar-refractivity contribution is 7.92. The summed E-state index contributed by atoms with van der Waals surface area (Å²) in [5, 5.41) is 8.43. The molecule has 3 aromatic rings. The highest BCUT2D eigenvalue weighted by Crippen LogP contribution is 2.34. The van der Waals surface area contributed by atoms with E-state index in [1.165, 1.54) is 6.07 Å². The molecule has 2 heterocycles. The number of aromatic nitrogens is 3. The van der Waals surface area contributed by atoms with E-state index in [0.717, 1.165) is 43.5 Å². The van der Waals surface area contributed by atoms with Gasteiger partial charge in [0.15, 0.2) is 5.82 Å². The van der Waals surface area contributed by atoms with Crippen LogP contribution in [-0.4, -0.2) is 36.4 Å². The molecule has 0 radical (unpaired) electrons. The van der Waals surface area contributed by atoms with Crippen LogP contribution in [0.2, 0.25) is 5.02 Å². The van der Waals surface area contributed by atoms with Gasteiger partial charge in [0.05, 0.1) is 15.6 Å². The summed E-state index contributed by atoms with van der Waals surface area (Å²) in [4.78, 5) is 0.0734. The first-order valence-corrected chi connectivity index (χ1v) is 13.4. The van der Waals surface area contributed by atoms with E-state index >= 15 is 0 Å². The van der Waals surface area contributed by atoms with Crippen LogP contribution in [-0.2, 0) is 33.6 Å². The van der Waals surface area contributed by atoms with Gasteiger partial charge in [0.2, 0.25) is 0 Å². The number of aryl methyl sites for hydroxylation is 1. The molecular formula is C25H30ClFN4O3S. The minimum atomic E-state index is -3.99. The average Bonchev–Trinajstić information content (AvgIpc) is 3.44. The molecule has 10 heteroatoms. The van der Waals surface area contributed by atoms with Crippen molar-refractivity contribution in [3.05, 3.63) is 58.6 Å². The molecule has 35 heavy (non-hydrogen) atoms. The van der Waals surface area contributed by atoms with E-state index in [1.807, 2.05) is 20.8 Å². The maximum Gasteiger partial charge on any atom is 0.261 e. The molecule has 7 nitrogen and oxygen atoms in total. The smallest absolute Gasteiger partial charge is 0.261 e. The summed E-state index contributed by atoms with van der Waals surface area (Å²) in [5.41, 5.74) is 1.27. The third kappa shape index (κ3) is 5.68. The number of hydrogen-bond acceptors (Lipinski definition) is 5. The fraction of sp³-hybridized carbons (Fsp3) is 0.440. The van der Waals surface area contributed by atoms with Crippen LogP contribution in [0.3, 0.4) is 0 Å². The number of halogens is 2. The Balaban J connectivity index is 1.64. The van der Waals surface area contributed by atoms with Crippen molar-refractivity contribution < 1.29 is 17.5 Å². The first kappa shape index (κ1) is 25.6. The zero-order valence-electron chi connectivity index (χ0n) is 20.3. The van der Waals surface area contributed by atoms with Crippen LogP contribution >= 0.6 is 11.6 Å². The SMILES string of the molecule is Cn1c(CC[C@H]2CCOC2)nnc1-c1cc(Cl)c(F)cc1NS(=O)(=O)c1ccc(C(C)(C)C)cc1. The lowest BCUT2D eigenvalue weighted by Crippen LogP contribution is -2.16. The van der Waals surface area contributed by atoms with Crippen molar-refractivity contribution in [2.24, 2.45) is 13.0 Å². The molecule has 0 spiro atoms. The van der Waals surface area contributed by atoms with E-state index in [4.69, 9.17) is 16.3 Å². The van der Waals surface area contributed by atoms with E-state index in [-0.39, 0.29) is 21.0 Å². The van der Waals surface area contributed by atoms with Gasteiger partial charge in [0.1, 0.15) is 11.6 Å². The maximum absolute atomic E-state index is 14.4. The number of ether oxygens (including phenoxy) is 1. The van der Waals surface area contributed by atoms with Crippen molar-refractivity contribution in [1.29, 1.82) is 0 Å². The van der Waals surface area contributed by atoms with Crippen molar-refractivity contribution in [1.82, 2.24) is 14.8 Å². The van der Waals surface area contributed by atoms with Gasteiger partial charge in [-0.1, -0.05) is 44.5 Å². The van der Waals surface area contributed by atoms with Gasteiger partial charge in [0, 0.05) is 38.3 Å². The predicted octanol–water partition coefficient (Wildman–Crippen LogP) is 5.34. The molecule has 1 N–H and O–H groups in total. The van der Waals surface area contributed by atoms with Crippen LogP contribution in [0.15, 0.2) is 41.3 Å². The van der Waals surface area contributed by atoms with E-state index in [0.29, 0.717) is 23.7 Å². The highest BCUT2D eigenvalue weighted by Gasteiger charge is 2.23. The highest BCUT2D eigenvalue weighted by atomic mass is 35.5. The van der Waals surface area contributed by atoms with Gasteiger partial charge in [-0.05, 0) is 47.9 Å². The summed E-state index contributed by atoms with van der Waals surface area (Å²) < 4.78 is 50.5. The van der Waals surface area contributed by atoms with Gasteiger partial charge in [-0.3, -0.25) is 4.72 Å². The number of anilines is 1. The van der Waals surface area contributed by atoms with E-state index in [9.17, 15) is 12.8 Å². The number of hydrogen-bond donors (Lipinski definition) is 1. The fourth-order valence-corrected chi connectivity index (χ4v) is 5.35. The summed E-state index contributed by atoms with van der Waals surface area (Å²) in [6, 6.07) is 9.09. The zero-order chi connectivity index (χ0) is 25.4. The Kier molecular flexibility index (Phi) is 7.22. The molecule has 0 bridgehead atoms. The normalized spacial score (nSPS) is 16.6. The van der Waals surface area contributed by atoms with Crippen LogP contribution in [0.5, 0.6) is 0 Å². The summed E-state index contributed by atoms with van der Waals surface area (Å²) >= 11 is 6.07. The fourth-order valence-electron chi connectivity index (χ4n) is 4.11. The minimum Gasteiger partial charge on any atom is -0.381 e. The molecule has 1 atom stereocenters. The Morgan fingerprint density at radius 2 is 1.91 bits per heavy atom. The number of nitrogens with one attached hydrogen (secondary N) is 1. The Morgan fingerprint density at radius 3 is 2.54 bits per heavy atom. The first-order valence-electron chi connectivity index (χ1n) is 11.5. The first-order chi connectivity index (χ1) is 16.5. The Bertz CT molecular complexity index is 1310. The van der Waals surface area contributed by atoms with E-state index < -0.39 is 15.8 Å². The van der Waals surface area contributed by atoms with E-state index in [2.05, 4.69) is 14.9 Å². The minimum absolute atomic E-state index is 0.0399. The zero-order valence-corrected chi connectivity index (χ0v) is 21.9. The lowest BCUT2D eigenvalue weighted by molar-refractivity contribution is 0.184. The quantitative estimate of drug-likeness (QED) is 0.454. The summed E-state index contributed by atoms with van der Waals surface area (Å²) in [7, 11) is -2.19. The van der Waals surface area contributed by atoms with Crippen molar-refractivity contribution in [2.75, 3.05) is 17.9 Å². The van der Waals surface area contributed by atoms with Crippen molar-refractivity contribution in [3.63, 3.8) is 0 Å². The molecule has 0 amide bonds. The topological polar surface area (TPSA) is 86.1 Å². The number of sulfonamides is 1. The molecule has 1 aromatic heterocycles. The van der Waals surface area contributed by atoms with Crippen molar-refractivity contribution >= 4 is 27.3 Å². The summed E-state index contributed by atoms with van der Waals surface area (Å²) in [6.45, 7) is 7.68. The number of rotatable bonds is 7. The van der Waals surface area contributed by atoms with Gasteiger partial charge in [0.25, 0.3) is 10.0 Å². The van der Waals surface area contributed by atoms with Crippen LogP contribution in [0, 0.1) is 11.7 Å². The molecule has 4 rings (SSSR count). The molecule has 1 aliphatic rings. The standard InChI is InChI=1S/C25H30ClFN4O3S/c1-25(2,3)17-6-8-18(9-7-17)35(32,33)30-22-14-21(27)20(26)13-19(22)24-29-28-23(31(24)4)10-5-16-11-12-34-15-16/h6-9,13-14,16,30H,5,10-12,15H2,1-4H3/t16-/m0/s1. The Labute approximate surface area is 210 Å². The van der Waals surface area contributed by atoms with Gasteiger partial charge in [-0.2, -0.15) is 0 Å². The molecule has 0 unspecified atom stereocenters. The van der Waals surface area contributed by atoms with Gasteiger partial charge < -0.3 is 9.30 Å². The molecular weight excluding hydrogens is 491 g/mol. The lowest BCUT2D eigenvalue weighted by Gasteiger charge is -2.19. The number of nitrogens with zero attached hydrogens (tertiary/aromatic N) is 3. The largest absolute Gasteiger partial charge is 0.381 e. The summed E-state index contributed by atoms with van der Waals surface area (Å²) in [5.74, 6) is 0.895. The lowest BCUT2D eigenvalue weighted by atomic mass is 9.87. The Morgan fingerprint density at radius 1 is 1.20 bits per heavy atom. The molecule has 1 aliphatic heterocycles. The van der Waals surface area contributed by atoms with Crippen LogP contribution in [0.25, 0.3) is 11.4 Å². The average molecular weight is 521 g/mol. The Hall–Kier alpha value is -2.49. The molecule has 0 saturated carbocycles. The van der Waals surface area contributed by atoms with Gasteiger partial charge in [-0.15, -0.1) is 10.2 Å². The second-order valence-corrected chi connectivity index (χ2v) is 12.0. The predicted molar refractivity (Wildman–Crippen MR) is 135 cm³/mol. The number of benzene rings is 2.